The van der Waals surface area contributed by atoms with Gasteiger partial charge < -0.3 is 10.1 Å². The summed E-state index contributed by atoms with van der Waals surface area (Å²) in [6.45, 7) is 0. The number of nitrogens with one attached hydrogen (secondary N) is 1. The van der Waals surface area contributed by atoms with Crippen LogP contribution in [0.4, 0.5) is 10.3 Å². The van der Waals surface area contributed by atoms with Crippen molar-refractivity contribution in [2.75, 3.05) is 12.4 Å². The minimum absolute atomic E-state index is 0.748. The van der Waals surface area contributed by atoms with Crippen LogP contribution in [0.25, 0.3) is 21.3 Å². The molecule has 4 aromatic rings. The van der Waals surface area contributed by atoms with Gasteiger partial charge in [0.15, 0.2) is 10.3 Å². The fraction of sp³-hybridized carbons (Fsp3) is 0.0625. The molecule has 0 saturated heterocycles. The van der Waals surface area contributed by atoms with E-state index in [0.29, 0.717) is 0 Å². The number of rotatable bonds is 4. The normalized spacial score (nSPS) is 10.8. The second kappa shape index (κ2) is 5.94. The molecule has 1 aromatic carbocycles. The van der Waals surface area contributed by atoms with Crippen LogP contribution in [0.1, 0.15) is 0 Å². The number of fused-ring (bicyclic) bond motifs is 1. The van der Waals surface area contributed by atoms with Gasteiger partial charge in [0.25, 0.3) is 0 Å². The number of nitrogens with zero attached hydrogens (tertiary/aromatic N) is 3. The van der Waals surface area contributed by atoms with Gasteiger partial charge in [-0.1, -0.05) is 17.4 Å². The van der Waals surface area contributed by atoms with Gasteiger partial charge in [0.1, 0.15) is 5.75 Å². The number of thiazole rings is 2. The second-order valence-corrected chi connectivity index (χ2v) is 6.70. The Kier molecular flexibility index (Phi) is 3.64. The molecule has 0 aliphatic carbocycles. The van der Waals surface area contributed by atoms with Crippen molar-refractivity contribution in [2.24, 2.45) is 0 Å². The lowest BCUT2D eigenvalue weighted by Crippen LogP contribution is -1.86. The molecule has 4 rings (SSSR count). The lowest BCUT2D eigenvalue weighted by molar-refractivity contribution is 0.413. The van der Waals surface area contributed by atoms with E-state index < -0.39 is 0 Å². The molecule has 5 nitrogen and oxygen atoms in total. The van der Waals surface area contributed by atoms with E-state index in [1.165, 1.54) is 0 Å². The van der Waals surface area contributed by atoms with Crippen molar-refractivity contribution in [3.8, 4) is 16.9 Å². The van der Waals surface area contributed by atoms with Crippen LogP contribution in [0.2, 0.25) is 0 Å². The Labute approximate surface area is 140 Å². The first-order valence-corrected chi connectivity index (χ1v) is 8.58. The largest absolute Gasteiger partial charge is 0.495 e. The molecule has 0 fully saturated rings. The van der Waals surface area contributed by atoms with Gasteiger partial charge >= 0.3 is 0 Å². The molecule has 1 N–H and O–H groups in total. The maximum Gasteiger partial charge on any atom is 0.190 e. The summed E-state index contributed by atoms with van der Waals surface area (Å²) < 4.78 is 6.35. The van der Waals surface area contributed by atoms with Crippen LogP contribution in [-0.2, 0) is 0 Å². The molecule has 0 atom stereocenters. The fourth-order valence-corrected chi connectivity index (χ4v) is 3.72. The van der Waals surface area contributed by atoms with Crippen LogP contribution in [-0.4, -0.2) is 22.1 Å². The number of aromatic nitrogens is 3. The first-order valence-electron chi connectivity index (χ1n) is 6.88. The predicted octanol–water partition coefficient (Wildman–Crippen LogP) is 4.57. The Morgan fingerprint density at radius 2 is 2.04 bits per heavy atom. The highest BCUT2D eigenvalue weighted by atomic mass is 32.1. The minimum atomic E-state index is 0.748. The monoisotopic (exact) mass is 340 g/mol. The highest BCUT2D eigenvalue weighted by molar-refractivity contribution is 7.22. The zero-order valence-corrected chi connectivity index (χ0v) is 13.8. The Balaban J connectivity index is 1.69. The number of benzene rings is 1. The maximum atomic E-state index is 5.24. The molecule has 0 aliphatic rings. The van der Waals surface area contributed by atoms with Gasteiger partial charge in [-0.25, -0.2) is 9.97 Å². The summed E-state index contributed by atoms with van der Waals surface area (Å²) >= 11 is 3.16. The van der Waals surface area contributed by atoms with E-state index in [1.807, 2.05) is 29.8 Å². The van der Waals surface area contributed by atoms with E-state index in [0.717, 1.165) is 37.4 Å². The van der Waals surface area contributed by atoms with Crippen molar-refractivity contribution in [1.82, 2.24) is 15.0 Å². The molecule has 114 valence electrons. The molecule has 0 spiro atoms. The van der Waals surface area contributed by atoms with Gasteiger partial charge in [0, 0.05) is 23.3 Å². The van der Waals surface area contributed by atoms with Gasteiger partial charge in [-0.2, -0.15) is 0 Å². The van der Waals surface area contributed by atoms with Gasteiger partial charge in [-0.3, -0.25) is 4.98 Å². The molecule has 7 heteroatoms. The third-order valence-electron chi connectivity index (χ3n) is 3.32. The number of hydrogen-bond acceptors (Lipinski definition) is 7. The zero-order chi connectivity index (χ0) is 15.6. The second-order valence-electron chi connectivity index (χ2n) is 4.78. The predicted molar refractivity (Wildman–Crippen MR) is 94.8 cm³/mol. The van der Waals surface area contributed by atoms with Crippen molar-refractivity contribution in [2.45, 2.75) is 0 Å². The first-order chi connectivity index (χ1) is 11.3. The molecule has 3 heterocycles. The Morgan fingerprint density at radius 1 is 1.09 bits per heavy atom. The van der Waals surface area contributed by atoms with Crippen molar-refractivity contribution >= 4 is 43.2 Å². The third kappa shape index (κ3) is 2.88. The standard InChI is InChI=1S/C16H12N4OS2/c1-21-12-6-11(8-17-9-12)10-2-3-13-14(7-10)23-16(19-13)20-15-18-4-5-22-15/h2-9H,1H3,(H,18,19,20). The summed E-state index contributed by atoms with van der Waals surface area (Å²) in [5, 5.41) is 6.86. The number of pyridine rings is 1. The number of anilines is 2. The van der Waals surface area contributed by atoms with Crippen molar-refractivity contribution in [3.63, 3.8) is 0 Å². The smallest absolute Gasteiger partial charge is 0.190 e. The maximum absolute atomic E-state index is 5.24. The minimum Gasteiger partial charge on any atom is -0.495 e. The fourth-order valence-electron chi connectivity index (χ4n) is 2.22. The van der Waals surface area contributed by atoms with Gasteiger partial charge in [0.05, 0.1) is 23.5 Å². The molecule has 0 amide bonds. The van der Waals surface area contributed by atoms with E-state index in [-0.39, 0.29) is 0 Å². The molecule has 0 saturated carbocycles. The molecule has 0 aliphatic heterocycles. The lowest BCUT2D eigenvalue weighted by Gasteiger charge is -2.03. The SMILES string of the molecule is COc1cncc(-c2ccc3nc(Nc4nccs4)sc3c2)c1. The van der Waals surface area contributed by atoms with Gasteiger partial charge in [-0.15, -0.1) is 11.3 Å². The molecule has 3 aromatic heterocycles. The van der Waals surface area contributed by atoms with E-state index in [2.05, 4.69) is 26.3 Å². The van der Waals surface area contributed by atoms with E-state index in [9.17, 15) is 0 Å². The van der Waals surface area contributed by atoms with Crippen molar-refractivity contribution < 1.29 is 4.74 Å². The Hall–Kier alpha value is -2.51. The molecule has 0 bridgehead atoms. The molecular formula is C16H12N4OS2. The van der Waals surface area contributed by atoms with Gasteiger partial charge in [0.2, 0.25) is 0 Å². The number of ether oxygens (including phenoxy) is 1. The molecule has 23 heavy (non-hydrogen) atoms. The van der Waals surface area contributed by atoms with Gasteiger partial charge in [-0.05, 0) is 23.8 Å². The van der Waals surface area contributed by atoms with Crippen LogP contribution in [0.3, 0.4) is 0 Å². The lowest BCUT2D eigenvalue weighted by atomic mass is 10.1. The van der Waals surface area contributed by atoms with Crippen LogP contribution >= 0.6 is 22.7 Å². The summed E-state index contributed by atoms with van der Waals surface area (Å²) in [6.07, 6.45) is 5.30. The van der Waals surface area contributed by atoms with Crippen LogP contribution in [0.15, 0.2) is 48.2 Å². The third-order valence-corrected chi connectivity index (χ3v) is 4.94. The quantitative estimate of drug-likeness (QED) is 0.590. The van der Waals surface area contributed by atoms with E-state index >= 15 is 0 Å². The summed E-state index contributed by atoms with van der Waals surface area (Å²) in [5.41, 5.74) is 3.08. The zero-order valence-electron chi connectivity index (χ0n) is 12.2. The number of methoxy groups -OCH3 is 1. The number of hydrogen-bond donors (Lipinski definition) is 1. The highest BCUT2D eigenvalue weighted by Crippen LogP contribution is 2.32. The Morgan fingerprint density at radius 3 is 2.87 bits per heavy atom. The highest BCUT2D eigenvalue weighted by Gasteiger charge is 2.08. The van der Waals surface area contributed by atoms with E-state index in [1.54, 1.807) is 42.2 Å². The van der Waals surface area contributed by atoms with Crippen molar-refractivity contribution in [3.05, 3.63) is 48.2 Å². The molecule has 0 radical (unpaired) electrons. The summed E-state index contributed by atoms with van der Waals surface area (Å²) in [7, 11) is 1.64. The first kappa shape index (κ1) is 14.1. The Bertz CT molecular complexity index is 950. The average molecular weight is 340 g/mol. The molecular weight excluding hydrogens is 328 g/mol. The van der Waals surface area contributed by atoms with E-state index in [4.69, 9.17) is 4.74 Å². The van der Waals surface area contributed by atoms with Crippen LogP contribution in [0, 0.1) is 0 Å². The summed E-state index contributed by atoms with van der Waals surface area (Å²) in [6, 6.07) is 8.17. The average Bonchev–Trinajstić information content (AvgIpc) is 3.23. The summed E-state index contributed by atoms with van der Waals surface area (Å²) in [4.78, 5) is 13.0. The van der Waals surface area contributed by atoms with Crippen molar-refractivity contribution in [1.29, 1.82) is 0 Å². The topological polar surface area (TPSA) is 59.9 Å². The molecule has 0 unspecified atom stereocenters. The van der Waals surface area contributed by atoms with Crippen LogP contribution in [0.5, 0.6) is 5.75 Å². The van der Waals surface area contributed by atoms with Crippen LogP contribution < -0.4 is 10.1 Å². The summed E-state index contributed by atoms with van der Waals surface area (Å²) in [5.74, 6) is 0.748.